The van der Waals surface area contributed by atoms with Gasteiger partial charge in [0.25, 0.3) is 0 Å². The van der Waals surface area contributed by atoms with Crippen LogP contribution in [0.1, 0.15) is 311 Å². The Morgan fingerprint density at radius 2 is 0.598 bits per heavy atom. The highest BCUT2D eigenvalue weighted by Gasteiger charge is 2.33. The largest absolute Gasteiger partial charge is 0.379 e. The van der Waals surface area contributed by atoms with Gasteiger partial charge in [-0.3, -0.25) is 29.0 Å². The lowest BCUT2D eigenvalue weighted by Crippen LogP contribution is -2.53. The summed E-state index contributed by atoms with van der Waals surface area (Å²) in [5.41, 5.74) is 0. The molecule has 82 heavy (non-hydrogen) atoms. The molecule has 2 N–H and O–H groups in total. The summed E-state index contributed by atoms with van der Waals surface area (Å²) in [6.45, 7) is 23.7. The average molecular weight is 1160 g/mol. The van der Waals surface area contributed by atoms with E-state index in [1.54, 1.807) is 0 Å². The first kappa shape index (κ1) is 75.8. The van der Waals surface area contributed by atoms with Gasteiger partial charge in [-0.1, -0.05) is 260 Å². The predicted octanol–water partition coefficient (Wildman–Crippen LogP) is 16.0. The maximum Gasteiger partial charge on any atom is 0.243 e. The number of carbonyl (C=O) groups excluding carboxylic acids is 4. The van der Waals surface area contributed by atoms with Gasteiger partial charge in [-0.2, -0.15) is 0 Å². The molecule has 482 valence electrons. The van der Waals surface area contributed by atoms with Gasteiger partial charge in [0.05, 0.1) is 26.4 Å². The molecule has 12 nitrogen and oxygen atoms in total. The molecule has 0 bridgehead atoms. The lowest BCUT2D eigenvalue weighted by atomic mass is 9.99. The molecular formula is C70H136N6O6. The number of rotatable bonds is 57. The van der Waals surface area contributed by atoms with Crippen molar-refractivity contribution >= 4 is 23.6 Å². The standard InChI is InChI=1S/C70H136N6O6/c1-7-9-11-13-15-17-19-21-23-25-27-29-31-33-35-37-41-47-65(77)75(53-45-51-73-55-59-81-60-56-73)67(63(3)4)69(79)71-49-43-39-40-44-50-72-70(80)68(64(5)6)76(54-46-52-74-57-61-82-62-58-74)66(78)48-42-38-36-34-32-30-28-26-24-22-20-18-16-14-12-10-8-2/h63-64,67-68H,7-62H2,1-6H3,(H,71,79)(H,72,80). The summed E-state index contributed by atoms with van der Waals surface area (Å²) < 4.78 is 11.2. The third-order valence-corrected chi connectivity index (χ3v) is 17.8. The Hall–Kier alpha value is -2.28. The Balaban J connectivity index is 1.77. The normalized spacial score (nSPS) is 15.1. The Kier molecular flexibility index (Phi) is 50.1. The number of unbranched alkanes of at least 4 members (excludes halogenated alkanes) is 35. The van der Waals surface area contributed by atoms with Crippen LogP contribution in [0.5, 0.6) is 0 Å². The Morgan fingerprint density at radius 3 is 0.854 bits per heavy atom. The van der Waals surface area contributed by atoms with Crippen molar-refractivity contribution in [2.24, 2.45) is 11.8 Å². The highest BCUT2D eigenvalue weighted by atomic mass is 16.5. The van der Waals surface area contributed by atoms with Crippen LogP contribution in [0.4, 0.5) is 0 Å². The molecular weight excluding hydrogens is 1020 g/mol. The summed E-state index contributed by atoms with van der Waals surface area (Å²) in [7, 11) is 0. The molecule has 2 saturated heterocycles. The van der Waals surface area contributed by atoms with Crippen LogP contribution in [0.3, 0.4) is 0 Å². The number of nitrogens with one attached hydrogen (secondary N) is 2. The highest BCUT2D eigenvalue weighted by Crippen LogP contribution is 2.21. The van der Waals surface area contributed by atoms with Gasteiger partial charge in [-0.15, -0.1) is 0 Å². The van der Waals surface area contributed by atoms with Crippen molar-refractivity contribution in [3.63, 3.8) is 0 Å². The molecule has 0 aromatic heterocycles. The zero-order chi connectivity index (χ0) is 59.4. The van der Waals surface area contributed by atoms with Crippen molar-refractivity contribution in [3.8, 4) is 0 Å². The maximum atomic E-state index is 14.0. The number of ether oxygens (including phenoxy) is 2. The second-order valence-corrected chi connectivity index (χ2v) is 26.0. The van der Waals surface area contributed by atoms with Gasteiger partial charge >= 0.3 is 0 Å². The SMILES string of the molecule is CCCCCCCCCCCCCCCCCCCC(=O)N(CCCN1CCOCC1)C(C(=O)NCCCCCCNC(=O)C(C(C)C)N(CCCN1CCOCC1)C(=O)CCCCCCCCCCCCCCCCCCC)C(C)C. The van der Waals surface area contributed by atoms with E-state index < -0.39 is 12.1 Å². The Labute approximate surface area is 507 Å². The number of morpholine rings is 2. The second-order valence-electron chi connectivity index (χ2n) is 26.0. The van der Waals surface area contributed by atoms with E-state index in [0.29, 0.717) is 39.0 Å². The van der Waals surface area contributed by atoms with Crippen molar-refractivity contribution in [3.05, 3.63) is 0 Å². The fourth-order valence-corrected chi connectivity index (χ4v) is 12.6. The summed E-state index contributed by atoms with van der Waals surface area (Å²) in [6, 6.07) is -0.978. The number of nitrogens with zero attached hydrogens (tertiary/aromatic N) is 4. The monoisotopic (exact) mass is 1160 g/mol. The van der Waals surface area contributed by atoms with Gasteiger partial charge in [-0.25, -0.2) is 0 Å². The van der Waals surface area contributed by atoms with Crippen molar-refractivity contribution in [1.82, 2.24) is 30.2 Å². The smallest absolute Gasteiger partial charge is 0.243 e. The van der Waals surface area contributed by atoms with E-state index in [-0.39, 0.29) is 35.5 Å². The van der Waals surface area contributed by atoms with Gasteiger partial charge in [0.15, 0.2) is 0 Å². The van der Waals surface area contributed by atoms with E-state index in [9.17, 15) is 19.2 Å². The molecule has 2 atom stereocenters. The first-order valence-electron chi connectivity index (χ1n) is 35.8. The van der Waals surface area contributed by atoms with E-state index >= 15 is 0 Å². The van der Waals surface area contributed by atoms with Crippen LogP contribution in [0.15, 0.2) is 0 Å². The van der Waals surface area contributed by atoms with Crippen LogP contribution in [-0.4, -0.2) is 147 Å². The third-order valence-electron chi connectivity index (χ3n) is 17.8. The summed E-state index contributed by atoms with van der Waals surface area (Å²) >= 11 is 0. The summed E-state index contributed by atoms with van der Waals surface area (Å²) in [5.74, 6) is 0.146. The molecule has 0 radical (unpaired) electrons. The fourth-order valence-electron chi connectivity index (χ4n) is 12.6. The molecule has 0 saturated carbocycles. The average Bonchev–Trinajstić information content (AvgIpc) is 3.63. The molecule has 2 aliphatic heterocycles. The Bertz CT molecular complexity index is 1380. The lowest BCUT2D eigenvalue weighted by molar-refractivity contribution is -0.142. The zero-order valence-corrected chi connectivity index (χ0v) is 55.1. The summed E-state index contributed by atoms with van der Waals surface area (Å²) in [6.07, 6.45) is 50.9. The molecule has 2 aliphatic rings. The fraction of sp³-hybridized carbons (Fsp3) is 0.943. The number of hydrogen-bond acceptors (Lipinski definition) is 8. The van der Waals surface area contributed by atoms with Gasteiger partial charge in [0.1, 0.15) is 12.1 Å². The summed E-state index contributed by atoms with van der Waals surface area (Å²) in [4.78, 5) is 64.7. The molecule has 2 heterocycles. The number of hydrogen-bond donors (Lipinski definition) is 2. The van der Waals surface area contributed by atoms with Crippen LogP contribution in [0, 0.1) is 11.8 Å². The van der Waals surface area contributed by atoms with Crippen molar-refractivity contribution in [2.45, 2.75) is 323 Å². The quantitative estimate of drug-likeness (QED) is 0.0577. The molecule has 2 fully saturated rings. The number of amides is 4. The first-order valence-corrected chi connectivity index (χ1v) is 35.8. The van der Waals surface area contributed by atoms with Gasteiger partial charge < -0.3 is 29.9 Å². The third kappa shape index (κ3) is 40.2. The van der Waals surface area contributed by atoms with Crippen molar-refractivity contribution in [2.75, 3.05) is 91.9 Å². The van der Waals surface area contributed by atoms with Crippen LogP contribution in [0.25, 0.3) is 0 Å². The van der Waals surface area contributed by atoms with Gasteiger partial charge in [0, 0.05) is 78.3 Å². The molecule has 2 unspecified atom stereocenters. The van der Waals surface area contributed by atoms with Crippen LogP contribution >= 0.6 is 0 Å². The minimum Gasteiger partial charge on any atom is -0.379 e. The predicted molar refractivity (Wildman–Crippen MR) is 346 cm³/mol. The van der Waals surface area contributed by atoms with E-state index in [0.717, 1.165) is 130 Å². The van der Waals surface area contributed by atoms with Gasteiger partial charge in [0.2, 0.25) is 23.6 Å². The van der Waals surface area contributed by atoms with Crippen LogP contribution in [0.2, 0.25) is 0 Å². The number of carbonyl (C=O) groups is 4. The van der Waals surface area contributed by atoms with Gasteiger partial charge in [-0.05, 0) is 50.4 Å². The maximum absolute atomic E-state index is 14.0. The molecule has 0 aromatic rings. The minimum atomic E-state index is -0.489. The lowest BCUT2D eigenvalue weighted by Gasteiger charge is -2.35. The first-order chi connectivity index (χ1) is 40.1. The van der Waals surface area contributed by atoms with E-state index in [1.165, 1.54) is 193 Å². The molecule has 2 rings (SSSR count). The van der Waals surface area contributed by atoms with E-state index in [2.05, 4.69) is 62.0 Å². The highest BCUT2D eigenvalue weighted by molar-refractivity contribution is 5.88. The second kappa shape index (κ2) is 54.1. The van der Waals surface area contributed by atoms with Crippen LogP contribution < -0.4 is 10.6 Å². The molecule has 0 spiro atoms. The van der Waals surface area contributed by atoms with E-state index in [1.807, 2.05) is 9.80 Å². The summed E-state index contributed by atoms with van der Waals surface area (Å²) in [5, 5.41) is 6.46. The van der Waals surface area contributed by atoms with Crippen molar-refractivity contribution in [1.29, 1.82) is 0 Å². The molecule has 0 aromatic carbocycles. The molecule has 12 heteroatoms. The van der Waals surface area contributed by atoms with Crippen LogP contribution in [-0.2, 0) is 28.7 Å². The molecule has 0 aliphatic carbocycles. The zero-order valence-electron chi connectivity index (χ0n) is 55.1. The minimum absolute atomic E-state index is 0.000751. The molecule has 4 amide bonds. The Morgan fingerprint density at radius 1 is 0.354 bits per heavy atom. The van der Waals surface area contributed by atoms with Crippen molar-refractivity contribution < 1.29 is 28.7 Å². The van der Waals surface area contributed by atoms with E-state index in [4.69, 9.17) is 9.47 Å². The topological polar surface area (TPSA) is 124 Å².